The second-order valence-electron chi connectivity index (χ2n) is 4.31. The maximum atomic E-state index is 5.91. The Morgan fingerprint density at radius 3 is 2.87 bits per heavy atom. The number of hydrogen-bond donors (Lipinski definition) is 2. The van der Waals surface area contributed by atoms with Crippen LogP contribution in [0.1, 0.15) is 16.7 Å². The average molecular weight is 202 g/mol. The van der Waals surface area contributed by atoms with Crippen molar-refractivity contribution in [1.82, 2.24) is 5.32 Å². The molecule has 0 bridgehead atoms. The fraction of sp³-hybridized carbons (Fsp3) is 0.385. The standard InChI is InChI=1S/C13H18N2/c1-9-3-4-10(2)13(5-9)11-6-12(14)8-15-7-11/h3-6,12,15H,7-8,14H2,1-2H3. The van der Waals surface area contributed by atoms with E-state index in [2.05, 4.69) is 43.4 Å². The summed E-state index contributed by atoms with van der Waals surface area (Å²) in [6.07, 6.45) is 2.18. The summed E-state index contributed by atoms with van der Waals surface area (Å²) in [5.74, 6) is 0. The lowest BCUT2D eigenvalue weighted by Gasteiger charge is -2.21. The number of nitrogens with one attached hydrogen (secondary N) is 1. The van der Waals surface area contributed by atoms with Crippen molar-refractivity contribution in [3.63, 3.8) is 0 Å². The third-order valence-electron chi connectivity index (χ3n) is 2.85. The van der Waals surface area contributed by atoms with Crippen LogP contribution in [0.3, 0.4) is 0 Å². The number of aryl methyl sites for hydroxylation is 2. The predicted molar refractivity (Wildman–Crippen MR) is 64.7 cm³/mol. The summed E-state index contributed by atoms with van der Waals surface area (Å²) >= 11 is 0. The van der Waals surface area contributed by atoms with Crippen LogP contribution in [-0.2, 0) is 0 Å². The van der Waals surface area contributed by atoms with Crippen LogP contribution >= 0.6 is 0 Å². The van der Waals surface area contributed by atoms with Gasteiger partial charge < -0.3 is 11.1 Å². The van der Waals surface area contributed by atoms with Crippen molar-refractivity contribution in [3.05, 3.63) is 41.0 Å². The van der Waals surface area contributed by atoms with Crippen LogP contribution < -0.4 is 11.1 Å². The quantitative estimate of drug-likeness (QED) is 0.726. The number of nitrogens with two attached hydrogens (primary N) is 1. The maximum absolute atomic E-state index is 5.91. The van der Waals surface area contributed by atoms with Crippen molar-refractivity contribution < 1.29 is 0 Å². The first-order chi connectivity index (χ1) is 7.16. The Morgan fingerprint density at radius 1 is 1.33 bits per heavy atom. The molecule has 2 rings (SSSR count). The topological polar surface area (TPSA) is 38.0 Å². The molecule has 0 saturated carbocycles. The molecule has 3 N–H and O–H groups in total. The molecule has 1 aliphatic rings. The largest absolute Gasteiger partial charge is 0.323 e. The lowest BCUT2D eigenvalue weighted by Crippen LogP contribution is -2.37. The highest BCUT2D eigenvalue weighted by Crippen LogP contribution is 2.21. The first-order valence-electron chi connectivity index (χ1n) is 5.41. The molecule has 0 spiro atoms. The molecule has 0 fully saturated rings. The summed E-state index contributed by atoms with van der Waals surface area (Å²) in [7, 11) is 0. The molecular formula is C13H18N2. The van der Waals surface area contributed by atoms with E-state index in [1.165, 1.54) is 22.3 Å². The minimum absolute atomic E-state index is 0.147. The fourth-order valence-corrected chi connectivity index (χ4v) is 2.02. The minimum atomic E-state index is 0.147. The van der Waals surface area contributed by atoms with Gasteiger partial charge in [0.05, 0.1) is 0 Å². The Bertz CT molecular complexity index is 394. The van der Waals surface area contributed by atoms with Crippen LogP contribution in [0.5, 0.6) is 0 Å². The molecule has 1 heterocycles. The van der Waals surface area contributed by atoms with Gasteiger partial charge in [-0.2, -0.15) is 0 Å². The molecule has 1 aliphatic heterocycles. The zero-order valence-electron chi connectivity index (χ0n) is 9.38. The molecule has 80 valence electrons. The predicted octanol–water partition coefficient (Wildman–Crippen LogP) is 1.62. The first-order valence-corrected chi connectivity index (χ1v) is 5.41. The van der Waals surface area contributed by atoms with E-state index >= 15 is 0 Å². The van der Waals surface area contributed by atoms with Crippen molar-refractivity contribution in [2.75, 3.05) is 13.1 Å². The van der Waals surface area contributed by atoms with Crippen molar-refractivity contribution in [1.29, 1.82) is 0 Å². The van der Waals surface area contributed by atoms with Gasteiger partial charge in [0.2, 0.25) is 0 Å². The van der Waals surface area contributed by atoms with Gasteiger partial charge in [-0.15, -0.1) is 0 Å². The molecular weight excluding hydrogens is 184 g/mol. The molecule has 1 unspecified atom stereocenters. The van der Waals surface area contributed by atoms with Crippen molar-refractivity contribution in [3.8, 4) is 0 Å². The lowest BCUT2D eigenvalue weighted by molar-refractivity contribution is 0.662. The zero-order valence-corrected chi connectivity index (χ0v) is 9.38. The molecule has 0 saturated heterocycles. The van der Waals surface area contributed by atoms with E-state index in [-0.39, 0.29) is 6.04 Å². The molecule has 0 aliphatic carbocycles. The highest BCUT2D eigenvalue weighted by atomic mass is 14.9. The maximum Gasteiger partial charge on any atom is 0.0357 e. The Morgan fingerprint density at radius 2 is 2.13 bits per heavy atom. The normalized spacial score (nSPS) is 21.3. The van der Waals surface area contributed by atoms with E-state index in [9.17, 15) is 0 Å². The van der Waals surface area contributed by atoms with E-state index < -0.39 is 0 Å². The molecule has 15 heavy (non-hydrogen) atoms. The minimum Gasteiger partial charge on any atom is -0.323 e. The highest BCUT2D eigenvalue weighted by molar-refractivity contribution is 5.71. The summed E-state index contributed by atoms with van der Waals surface area (Å²) in [5.41, 5.74) is 11.2. The molecule has 0 aromatic heterocycles. The summed E-state index contributed by atoms with van der Waals surface area (Å²) in [4.78, 5) is 0. The van der Waals surface area contributed by atoms with Crippen LogP contribution in [0.2, 0.25) is 0 Å². The number of rotatable bonds is 1. The van der Waals surface area contributed by atoms with Gasteiger partial charge in [-0.1, -0.05) is 29.8 Å². The van der Waals surface area contributed by atoms with Gasteiger partial charge in [-0.25, -0.2) is 0 Å². The van der Waals surface area contributed by atoms with Crippen molar-refractivity contribution in [2.24, 2.45) is 5.73 Å². The van der Waals surface area contributed by atoms with Gasteiger partial charge in [-0.05, 0) is 30.5 Å². The molecule has 1 aromatic carbocycles. The van der Waals surface area contributed by atoms with E-state index in [1.54, 1.807) is 0 Å². The molecule has 0 amide bonds. The molecule has 1 atom stereocenters. The second kappa shape index (κ2) is 4.17. The summed E-state index contributed by atoms with van der Waals surface area (Å²) in [5, 5.41) is 3.34. The summed E-state index contributed by atoms with van der Waals surface area (Å²) in [6.45, 7) is 6.09. The third-order valence-corrected chi connectivity index (χ3v) is 2.85. The SMILES string of the molecule is Cc1ccc(C)c(C2=CC(N)CNC2)c1. The van der Waals surface area contributed by atoms with E-state index in [0.29, 0.717) is 0 Å². The Balaban J connectivity index is 2.40. The van der Waals surface area contributed by atoms with Crippen LogP contribution in [0.4, 0.5) is 0 Å². The number of hydrogen-bond acceptors (Lipinski definition) is 2. The van der Waals surface area contributed by atoms with Crippen LogP contribution in [0.25, 0.3) is 5.57 Å². The van der Waals surface area contributed by atoms with Gasteiger partial charge in [0.15, 0.2) is 0 Å². The Kier molecular flexibility index (Phi) is 2.89. The average Bonchev–Trinajstić information content (AvgIpc) is 2.22. The Hall–Kier alpha value is -1.12. The van der Waals surface area contributed by atoms with E-state index in [4.69, 9.17) is 5.73 Å². The molecule has 0 radical (unpaired) electrons. The second-order valence-corrected chi connectivity index (χ2v) is 4.31. The van der Waals surface area contributed by atoms with Crippen molar-refractivity contribution in [2.45, 2.75) is 19.9 Å². The highest BCUT2D eigenvalue weighted by Gasteiger charge is 2.12. The smallest absolute Gasteiger partial charge is 0.0357 e. The van der Waals surface area contributed by atoms with Gasteiger partial charge in [0.25, 0.3) is 0 Å². The van der Waals surface area contributed by atoms with E-state index in [1.807, 2.05) is 0 Å². The zero-order chi connectivity index (χ0) is 10.8. The number of benzene rings is 1. The van der Waals surface area contributed by atoms with Crippen LogP contribution in [0, 0.1) is 13.8 Å². The fourth-order valence-electron chi connectivity index (χ4n) is 2.02. The van der Waals surface area contributed by atoms with Crippen LogP contribution in [0.15, 0.2) is 24.3 Å². The first kappa shape index (κ1) is 10.4. The van der Waals surface area contributed by atoms with Crippen molar-refractivity contribution >= 4 is 5.57 Å². The molecule has 2 nitrogen and oxygen atoms in total. The Labute approximate surface area is 91.2 Å². The summed E-state index contributed by atoms with van der Waals surface area (Å²) in [6, 6.07) is 6.70. The molecule has 2 heteroatoms. The van der Waals surface area contributed by atoms with Gasteiger partial charge >= 0.3 is 0 Å². The monoisotopic (exact) mass is 202 g/mol. The third kappa shape index (κ3) is 2.28. The van der Waals surface area contributed by atoms with Gasteiger partial charge in [0.1, 0.15) is 0 Å². The van der Waals surface area contributed by atoms with Gasteiger partial charge in [-0.3, -0.25) is 0 Å². The van der Waals surface area contributed by atoms with Gasteiger partial charge in [0, 0.05) is 19.1 Å². The lowest BCUT2D eigenvalue weighted by atomic mass is 9.95. The van der Waals surface area contributed by atoms with E-state index in [0.717, 1.165) is 13.1 Å². The summed E-state index contributed by atoms with van der Waals surface area (Å²) < 4.78 is 0. The molecule has 1 aromatic rings. The van der Waals surface area contributed by atoms with Crippen LogP contribution in [-0.4, -0.2) is 19.1 Å².